The van der Waals surface area contributed by atoms with Crippen molar-refractivity contribution in [3.8, 4) is 0 Å². The van der Waals surface area contributed by atoms with Crippen LogP contribution in [0.5, 0.6) is 0 Å². The molecule has 5 heteroatoms. The molecule has 0 saturated carbocycles. The maximum absolute atomic E-state index is 13.7. The number of hydrogen-bond donors (Lipinski definition) is 2. The molecule has 0 aliphatic heterocycles. The van der Waals surface area contributed by atoms with Crippen LogP contribution in [-0.2, 0) is 9.59 Å². The van der Waals surface area contributed by atoms with E-state index in [9.17, 15) is 14.0 Å². The van der Waals surface area contributed by atoms with Gasteiger partial charge in [0.2, 0.25) is 11.8 Å². The first-order chi connectivity index (χ1) is 11.2. The molecular formula is C19H21FN2O2. The first-order valence-electron chi connectivity index (χ1n) is 7.66. The van der Waals surface area contributed by atoms with Crippen molar-refractivity contribution in [3.05, 3.63) is 59.4 Å². The third-order valence-corrected chi connectivity index (χ3v) is 4.02. The quantitative estimate of drug-likeness (QED) is 0.832. The Kier molecular flexibility index (Phi) is 5.02. The van der Waals surface area contributed by atoms with Gasteiger partial charge in [-0.1, -0.05) is 18.2 Å². The molecule has 0 unspecified atom stereocenters. The summed E-state index contributed by atoms with van der Waals surface area (Å²) in [7, 11) is 0. The van der Waals surface area contributed by atoms with Gasteiger partial charge in [-0.15, -0.1) is 0 Å². The Labute approximate surface area is 141 Å². The first kappa shape index (κ1) is 17.7. The summed E-state index contributed by atoms with van der Waals surface area (Å²) in [4.78, 5) is 24.9. The minimum atomic E-state index is -1.36. The molecule has 2 amide bonds. The van der Waals surface area contributed by atoms with Crippen molar-refractivity contribution in [1.29, 1.82) is 0 Å². The van der Waals surface area contributed by atoms with Crippen LogP contribution in [0.4, 0.5) is 15.8 Å². The van der Waals surface area contributed by atoms with Crippen LogP contribution in [0.2, 0.25) is 0 Å². The third-order valence-electron chi connectivity index (χ3n) is 4.02. The number of rotatable bonds is 4. The van der Waals surface area contributed by atoms with Crippen LogP contribution in [0.25, 0.3) is 0 Å². The van der Waals surface area contributed by atoms with E-state index in [-0.39, 0.29) is 5.69 Å². The number of anilines is 2. The topological polar surface area (TPSA) is 58.2 Å². The Hall–Kier alpha value is -2.69. The standard InChI is InChI=1S/C19H21FN2O2/c1-12-9-10-14(11-13(12)2)21-17(23)19(3,4)18(24)22-16-8-6-5-7-15(16)20/h5-11H,1-4H3,(H,21,23)(H,22,24). The van der Waals surface area contributed by atoms with Crippen molar-refractivity contribution in [2.75, 3.05) is 10.6 Å². The lowest BCUT2D eigenvalue weighted by Crippen LogP contribution is -2.41. The molecule has 24 heavy (non-hydrogen) atoms. The number of para-hydroxylation sites is 1. The highest BCUT2D eigenvalue weighted by Gasteiger charge is 2.36. The minimum Gasteiger partial charge on any atom is -0.325 e. The summed E-state index contributed by atoms with van der Waals surface area (Å²) < 4.78 is 13.7. The van der Waals surface area contributed by atoms with Gasteiger partial charge in [0.25, 0.3) is 0 Å². The monoisotopic (exact) mass is 328 g/mol. The molecule has 2 rings (SSSR count). The fourth-order valence-corrected chi connectivity index (χ4v) is 2.05. The number of amides is 2. The fourth-order valence-electron chi connectivity index (χ4n) is 2.05. The van der Waals surface area contributed by atoms with Gasteiger partial charge in [-0.05, 0) is 63.1 Å². The zero-order valence-electron chi connectivity index (χ0n) is 14.2. The second-order valence-electron chi connectivity index (χ2n) is 6.31. The molecular weight excluding hydrogens is 307 g/mol. The van der Waals surface area contributed by atoms with Gasteiger partial charge in [-0.3, -0.25) is 9.59 Å². The van der Waals surface area contributed by atoms with Gasteiger partial charge in [0.05, 0.1) is 5.69 Å². The van der Waals surface area contributed by atoms with Crippen LogP contribution in [0.1, 0.15) is 25.0 Å². The zero-order chi connectivity index (χ0) is 17.9. The molecule has 0 atom stereocenters. The average Bonchev–Trinajstić information content (AvgIpc) is 2.53. The van der Waals surface area contributed by atoms with Gasteiger partial charge < -0.3 is 10.6 Å². The molecule has 4 nitrogen and oxygen atoms in total. The van der Waals surface area contributed by atoms with Gasteiger partial charge in [0.1, 0.15) is 11.2 Å². The van der Waals surface area contributed by atoms with Crippen molar-refractivity contribution in [2.45, 2.75) is 27.7 Å². The number of carbonyl (C=O) groups is 2. The summed E-state index contributed by atoms with van der Waals surface area (Å²) in [6, 6.07) is 11.4. The van der Waals surface area contributed by atoms with Gasteiger partial charge in [-0.2, -0.15) is 0 Å². The maximum Gasteiger partial charge on any atom is 0.239 e. The molecule has 0 saturated heterocycles. The second-order valence-corrected chi connectivity index (χ2v) is 6.31. The zero-order valence-corrected chi connectivity index (χ0v) is 14.2. The van der Waals surface area contributed by atoms with Crippen LogP contribution >= 0.6 is 0 Å². The summed E-state index contributed by atoms with van der Waals surface area (Å²) in [6.45, 7) is 6.92. The predicted octanol–water partition coefficient (Wildman–Crippen LogP) is 4.05. The average molecular weight is 328 g/mol. The molecule has 0 heterocycles. The Balaban J connectivity index is 2.13. The Bertz CT molecular complexity index is 785. The molecule has 0 spiro atoms. The lowest BCUT2D eigenvalue weighted by Gasteiger charge is -2.23. The van der Waals surface area contributed by atoms with Crippen LogP contribution in [-0.4, -0.2) is 11.8 Å². The van der Waals surface area contributed by atoms with Crippen LogP contribution < -0.4 is 10.6 Å². The highest BCUT2D eigenvalue weighted by molar-refractivity contribution is 6.14. The minimum absolute atomic E-state index is 0.0505. The Morgan fingerprint density at radius 1 is 0.917 bits per heavy atom. The smallest absolute Gasteiger partial charge is 0.239 e. The lowest BCUT2D eigenvalue weighted by atomic mass is 9.90. The maximum atomic E-state index is 13.7. The molecule has 0 aliphatic rings. The summed E-state index contributed by atoms with van der Waals surface area (Å²) in [5, 5.41) is 5.20. The van der Waals surface area contributed by atoms with Crippen molar-refractivity contribution in [2.24, 2.45) is 5.41 Å². The van der Waals surface area contributed by atoms with Crippen molar-refractivity contribution < 1.29 is 14.0 Å². The summed E-state index contributed by atoms with van der Waals surface area (Å²) in [5.41, 5.74) is 1.47. The summed E-state index contributed by atoms with van der Waals surface area (Å²) in [6.07, 6.45) is 0. The van der Waals surface area contributed by atoms with E-state index >= 15 is 0 Å². The highest BCUT2D eigenvalue weighted by Crippen LogP contribution is 2.23. The van der Waals surface area contributed by atoms with E-state index in [1.165, 1.54) is 32.0 Å². The summed E-state index contributed by atoms with van der Waals surface area (Å²) >= 11 is 0. The number of halogens is 1. The van der Waals surface area contributed by atoms with Crippen molar-refractivity contribution >= 4 is 23.2 Å². The van der Waals surface area contributed by atoms with Gasteiger partial charge >= 0.3 is 0 Å². The fraction of sp³-hybridized carbons (Fsp3) is 0.263. The van der Waals surface area contributed by atoms with E-state index in [1.54, 1.807) is 12.1 Å². The van der Waals surface area contributed by atoms with E-state index in [4.69, 9.17) is 0 Å². The molecule has 0 fully saturated rings. The highest BCUT2D eigenvalue weighted by atomic mass is 19.1. The number of nitrogens with one attached hydrogen (secondary N) is 2. The Morgan fingerprint density at radius 2 is 1.54 bits per heavy atom. The molecule has 0 aromatic heterocycles. The number of hydrogen-bond acceptors (Lipinski definition) is 2. The molecule has 2 aromatic rings. The van der Waals surface area contributed by atoms with Gasteiger partial charge in [0.15, 0.2) is 0 Å². The lowest BCUT2D eigenvalue weighted by molar-refractivity contribution is -0.135. The van der Waals surface area contributed by atoms with Crippen LogP contribution in [0, 0.1) is 25.1 Å². The summed E-state index contributed by atoms with van der Waals surface area (Å²) in [5.74, 6) is -1.58. The normalized spacial score (nSPS) is 11.0. The van der Waals surface area contributed by atoms with Crippen molar-refractivity contribution in [1.82, 2.24) is 0 Å². The second kappa shape index (κ2) is 6.83. The van der Waals surface area contributed by atoms with Gasteiger partial charge in [0, 0.05) is 5.69 Å². The van der Waals surface area contributed by atoms with Crippen LogP contribution in [0.3, 0.4) is 0 Å². The van der Waals surface area contributed by atoms with E-state index < -0.39 is 23.0 Å². The molecule has 2 aromatic carbocycles. The molecule has 0 radical (unpaired) electrons. The molecule has 0 bridgehead atoms. The first-order valence-corrected chi connectivity index (χ1v) is 7.66. The largest absolute Gasteiger partial charge is 0.325 e. The van der Waals surface area contributed by atoms with E-state index in [1.807, 2.05) is 26.0 Å². The number of benzene rings is 2. The van der Waals surface area contributed by atoms with E-state index in [0.717, 1.165) is 11.1 Å². The SMILES string of the molecule is Cc1ccc(NC(=O)C(C)(C)C(=O)Nc2ccccc2F)cc1C. The Morgan fingerprint density at radius 3 is 2.17 bits per heavy atom. The molecule has 0 aliphatic carbocycles. The van der Waals surface area contributed by atoms with Gasteiger partial charge in [-0.25, -0.2) is 4.39 Å². The molecule has 126 valence electrons. The molecule has 2 N–H and O–H groups in total. The van der Waals surface area contributed by atoms with Crippen LogP contribution in [0.15, 0.2) is 42.5 Å². The predicted molar refractivity (Wildman–Crippen MR) is 93.4 cm³/mol. The van der Waals surface area contributed by atoms with Crippen molar-refractivity contribution in [3.63, 3.8) is 0 Å². The number of aryl methyl sites for hydroxylation is 2. The van der Waals surface area contributed by atoms with E-state index in [0.29, 0.717) is 5.69 Å². The van der Waals surface area contributed by atoms with E-state index in [2.05, 4.69) is 10.6 Å². The third kappa shape index (κ3) is 3.79. The number of carbonyl (C=O) groups excluding carboxylic acids is 2.